The number of hydrogen-bond donors (Lipinski definition) is 2. The second-order valence-electron chi connectivity index (χ2n) is 6.75. The number of benzene rings is 1. The van der Waals surface area contributed by atoms with Crippen LogP contribution in [0.3, 0.4) is 0 Å². The van der Waals surface area contributed by atoms with Crippen LogP contribution in [0, 0.1) is 5.92 Å². The number of nitrogens with one attached hydrogen (secondary N) is 1. The van der Waals surface area contributed by atoms with Gasteiger partial charge in [0.05, 0.1) is 0 Å². The lowest BCUT2D eigenvalue weighted by Gasteiger charge is -2.18. The van der Waals surface area contributed by atoms with Crippen molar-refractivity contribution in [3.8, 4) is 0 Å². The fourth-order valence-corrected chi connectivity index (χ4v) is 2.65. The van der Waals surface area contributed by atoms with E-state index >= 15 is 0 Å². The number of aromatic nitrogens is 2. The van der Waals surface area contributed by atoms with Gasteiger partial charge in [-0.3, -0.25) is 4.79 Å². The number of carbonyl (C=O) groups excluding carboxylic acids is 1. The highest BCUT2D eigenvalue weighted by Gasteiger charge is 2.31. The molecule has 0 saturated heterocycles. The molecular formula is C18H24N4O2. The lowest BCUT2D eigenvalue weighted by molar-refractivity contribution is -0.122. The molecule has 3 N–H and O–H groups in total. The molecule has 24 heavy (non-hydrogen) atoms. The van der Waals surface area contributed by atoms with Crippen LogP contribution in [0.1, 0.15) is 62.3 Å². The van der Waals surface area contributed by atoms with Gasteiger partial charge >= 0.3 is 0 Å². The topological polar surface area (TPSA) is 94.0 Å². The molecule has 1 saturated carbocycles. The number of nitrogens with zero attached hydrogens (tertiary/aromatic N) is 2. The zero-order valence-corrected chi connectivity index (χ0v) is 14.2. The number of carbonyl (C=O) groups is 1. The lowest BCUT2D eigenvalue weighted by Crippen LogP contribution is -2.32. The van der Waals surface area contributed by atoms with Crippen molar-refractivity contribution in [2.24, 2.45) is 5.92 Å². The molecule has 1 aromatic carbocycles. The largest absolute Gasteiger partial charge is 0.399 e. The average Bonchev–Trinajstić information content (AvgIpc) is 3.29. The fraction of sp³-hybridized carbons (Fsp3) is 0.500. The van der Waals surface area contributed by atoms with E-state index in [2.05, 4.69) is 15.5 Å². The first-order chi connectivity index (χ1) is 11.5. The summed E-state index contributed by atoms with van der Waals surface area (Å²) in [7, 11) is 0. The summed E-state index contributed by atoms with van der Waals surface area (Å²) >= 11 is 0. The summed E-state index contributed by atoms with van der Waals surface area (Å²) in [5, 5.41) is 7.06. The molecule has 6 heteroatoms. The van der Waals surface area contributed by atoms with E-state index in [-0.39, 0.29) is 17.9 Å². The molecule has 1 atom stereocenters. The Morgan fingerprint density at radius 2 is 2.12 bits per heavy atom. The Balaban J connectivity index is 1.60. The molecule has 1 aliphatic rings. The normalized spacial score (nSPS) is 15.5. The second-order valence-corrected chi connectivity index (χ2v) is 6.75. The Kier molecular flexibility index (Phi) is 4.83. The van der Waals surface area contributed by atoms with Crippen LogP contribution in [0.15, 0.2) is 28.8 Å². The molecule has 128 valence electrons. The van der Waals surface area contributed by atoms with Gasteiger partial charge in [0.2, 0.25) is 11.8 Å². The van der Waals surface area contributed by atoms with Crippen molar-refractivity contribution >= 4 is 11.6 Å². The van der Waals surface area contributed by atoms with Gasteiger partial charge in [0.25, 0.3) is 0 Å². The van der Waals surface area contributed by atoms with Crippen LogP contribution in [0.4, 0.5) is 5.69 Å². The maximum atomic E-state index is 12.3. The molecular weight excluding hydrogens is 304 g/mol. The molecule has 6 nitrogen and oxygen atoms in total. The van der Waals surface area contributed by atoms with Gasteiger partial charge in [0.15, 0.2) is 5.82 Å². The van der Waals surface area contributed by atoms with Crippen molar-refractivity contribution in [2.75, 3.05) is 5.73 Å². The molecule has 0 bridgehead atoms. The van der Waals surface area contributed by atoms with Crippen LogP contribution >= 0.6 is 0 Å². The van der Waals surface area contributed by atoms with Crippen molar-refractivity contribution in [3.05, 3.63) is 41.5 Å². The number of hydrogen-bond acceptors (Lipinski definition) is 5. The van der Waals surface area contributed by atoms with E-state index in [0.717, 1.165) is 29.9 Å². The van der Waals surface area contributed by atoms with Gasteiger partial charge in [-0.25, -0.2) is 0 Å². The number of anilines is 1. The minimum absolute atomic E-state index is 0.0388. The summed E-state index contributed by atoms with van der Waals surface area (Å²) in [4.78, 5) is 16.8. The monoisotopic (exact) mass is 328 g/mol. The highest BCUT2D eigenvalue weighted by molar-refractivity contribution is 5.76. The molecule has 1 aliphatic carbocycles. The van der Waals surface area contributed by atoms with Gasteiger partial charge in [0, 0.05) is 18.0 Å². The summed E-state index contributed by atoms with van der Waals surface area (Å²) in [6.45, 7) is 4.06. The number of para-hydroxylation sites is 1. The molecule has 1 aromatic heterocycles. The van der Waals surface area contributed by atoms with Crippen molar-refractivity contribution in [2.45, 2.75) is 51.5 Å². The van der Waals surface area contributed by atoms with Crippen LogP contribution in [0.5, 0.6) is 0 Å². The van der Waals surface area contributed by atoms with Crippen molar-refractivity contribution in [3.63, 3.8) is 0 Å². The zero-order valence-electron chi connectivity index (χ0n) is 14.2. The Morgan fingerprint density at radius 1 is 1.38 bits per heavy atom. The van der Waals surface area contributed by atoms with Crippen LogP contribution in [-0.4, -0.2) is 16.0 Å². The van der Waals surface area contributed by atoms with Crippen molar-refractivity contribution in [1.29, 1.82) is 0 Å². The Hall–Kier alpha value is -2.37. The second kappa shape index (κ2) is 7.03. The van der Waals surface area contributed by atoms with E-state index in [1.54, 1.807) is 0 Å². The van der Waals surface area contributed by atoms with E-state index in [9.17, 15) is 4.79 Å². The minimum Gasteiger partial charge on any atom is -0.399 e. The summed E-state index contributed by atoms with van der Waals surface area (Å²) in [5.74, 6) is 1.83. The van der Waals surface area contributed by atoms with Gasteiger partial charge in [-0.1, -0.05) is 37.2 Å². The molecule has 1 heterocycles. The summed E-state index contributed by atoms with van der Waals surface area (Å²) in [5.41, 5.74) is 7.63. The zero-order chi connectivity index (χ0) is 17.1. The quantitative estimate of drug-likeness (QED) is 0.762. The SMILES string of the molecule is CC(C)C(NC(=O)CCc1ccccc1N)c1nc(C2CC2)no1. The van der Waals surface area contributed by atoms with Crippen molar-refractivity contribution < 1.29 is 9.32 Å². The predicted molar refractivity (Wildman–Crippen MR) is 91.2 cm³/mol. The maximum Gasteiger partial charge on any atom is 0.249 e. The third kappa shape index (κ3) is 3.93. The summed E-state index contributed by atoms with van der Waals surface area (Å²) in [6.07, 6.45) is 3.23. The average molecular weight is 328 g/mol. The fourth-order valence-electron chi connectivity index (χ4n) is 2.65. The van der Waals surface area contributed by atoms with Crippen LogP contribution in [0.2, 0.25) is 0 Å². The van der Waals surface area contributed by atoms with E-state index in [1.165, 1.54) is 0 Å². The highest BCUT2D eigenvalue weighted by atomic mass is 16.5. The Morgan fingerprint density at radius 3 is 2.79 bits per heavy atom. The first kappa shape index (κ1) is 16.5. The molecule has 1 unspecified atom stereocenters. The number of rotatable bonds is 7. The summed E-state index contributed by atoms with van der Waals surface area (Å²) in [6, 6.07) is 7.36. The predicted octanol–water partition coefficient (Wildman–Crippen LogP) is 2.98. The third-order valence-electron chi connectivity index (χ3n) is 4.33. The lowest BCUT2D eigenvalue weighted by atomic mass is 10.0. The molecule has 1 fully saturated rings. The van der Waals surface area contributed by atoms with E-state index in [4.69, 9.17) is 10.3 Å². The number of aryl methyl sites for hydroxylation is 1. The Labute approximate surface area is 141 Å². The van der Waals surface area contributed by atoms with Crippen LogP contribution in [0.25, 0.3) is 0 Å². The molecule has 0 spiro atoms. The molecule has 3 rings (SSSR count). The smallest absolute Gasteiger partial charge is 0.249 e. The van der Waals surface area contributed by atoms with Crippen LogP contribution in [-0.2, 0) is 11.2 Å². The van der Waals surface area contributed by atoms with Crippen molar-refractivity contribution in [1.82, 2.24) is 15.5 Å². The Bertz CT molecular complexity index is 707. The van der Waals surface area contributed by atoms with Gasteiger partial charge in [0.1, 0.15) is 6.04 Å². The highest BCUT2D eigenvalue weighted by Crippen LogP contribution is 2.38. The number of nitrogens with two attached hydrogens (primary N) is 1. The number of nitrogen functional groups attached to an aromatic ring is 1. The molecule has 2 aromatic rings. The van der Waals surface area contributed by atoms with Gasteiger partial charge in [-0.05, 0) is 36.8 Å². The van der Waals surface area contributed by atoms with E-state index < -0.39 is 0 Å². The molecule has 0 aliphatic heterocycles. The van der Waals surface area contributed by atoms with Gasteiger partial charge in [-0.2, -0.15) is 4.98 Å². The molecule has 0 radical (unpaired) electrons. The van der Waals surface area contributed by atoms with E-state index in [0.29, 0.717) is 24.7 Å². The van der Waals surface area contributed by atoms with Crippen LogP contribution < -0.4 is 11.1 Å². The van der Waals surface area contributed by atoms with Gasteiger partial charge < -0.3 is 15.6 Å². The third-order valence-corrected chi connectivity index (χ3v) is 4.33. The van der Waals surface area contributed by atoms with Gasteiger partial charge in [-0.15, -0.1) is 0 Å². The minimum atomic E-state index is -0.259. The first-order valence-electron chi connectivity index (χ1n) is 8.51. The summed E-state index contributed by atoms with van der Waals surface area (Å²) < 4.78 is 5.38. The standard InChI is InChI=1S/C18H24N4O2/c1-11(2)16(18-21-17(22-24-18)13-7-8-13)20-15(23)10-9-12-5-3-4-6-14(12)19/h3-6,11,13,16H,7-10,19H2,1-2H3,(H,20,23). The molecule has 1 amide bonds. The number of amides is 1. The van der Waals surface area contributed by atoms with E-state index in [1.807, 2.05) is 38.1 Å². The first-order valence-corrected chi connectivity index (χ1v) is 8.51. The maximum absolute atomic E-state index is 12.3.